The van der Waals surface area contributed by atoms with Crippen molar-refractivity contribution in [2.75, 3.05) is 20.1 Å². The number of nitrogens with zero attached hydrogens (tertiary/aromatic N) is 1. The molecule has 1 aromatic carbocycles. The quantitative estimate of drug-likeness (QED) is 0.875. The third kappa shape index (κ3) is 4.07. The number of likely N-dealkylation sites (N-methyl/N-ethyl adjacent to an activating group) is 1. The molecule has 112 valence electrons. The summed E-state index contributed by atoms with van der Waals surface area (Å²) < 4.78 is 0. The maximum Gasteiger partial charge on any atom is 0.0446 e. The number of benzene rings is 1. The predicted molar refractivity (Wildman–Crippen MR) is 87.1 cm³/mol. The van der Waals surface area contributed by atoms with Crippen LogP contribution in [0.4, 0.5) is 0 Å². The molecule has 1 fully saturated rings. The molecule has 1 aromatic rings. The lowest BCUT2D eigenvalue weighted by Crippen LogP contribution is -2.40. The van der Waals surface area contributed by atoms with E-state index in [9.17, 15) is 0 Å². The molecule has 0 bridgehead atoms. The first-order valence-corrected chi connectivity index (χ1v) is 8.22. The topological polar surface area (TPSA) is 15.3 Å². The van der Waals surface area contributed by atoms with E-state index in [0.29, 0.717) is 6.04 Å². The predicted octanol–water partition coefficient (Wildman–Crippen LogP) is 3.91. The molecule has 0 spiro atoms. The Labute approximate surface area is 124 Å². The maximum absolute atomic E-state index is 3.51. The summed E-state index contributed by atoms with van der Waals surface area (Å²) in [5.41, 5.74) is 2.75. The van der Waals surface area contributed by atoms with Crippen molar-refractivity contribution < 1.29 is 0 Å². The van der Waals surface area contributed by atoms with Gasteiger partial charge in [-0.2, -0.15) is 0 Å². The first-order valence-electron chi connectivity index (χ1n) is 8.22. The minimum absolute atomic E-state index is 0.447. The average molecular weight is 274 g/mol. The van der Waals surface area contributed by atoms with Gasteiger partial charge in [0.15, 0.2) is 0 Å². The number of likely N-dealkylation sites (tertiary alicyclic amines) is 1. The van der Waals surface area contributed by atoms with Gasteiger partial charge in [-0.3, -0.25) is 4.90 Å². The second kappa shape index (κ2) is 7.80. The van der Waals surface area contributed by atoms with Gasteiger partial charge in [-0.15, -0.1) is 0 Å². The molecule has 1 aliphatic rings. The second-order valence-electron chi connectivity index (χ2n) is 6.16. The van der Waals surface area contributed by atoms with Crippen molar-refractivity contribution in [3.63, 3.8) is 0 Å². The molecule has 0 aliphatic carbocycles. The summed E-state index contributed by atoms with van der Waals surface area (Å²) in [5, 5.41) is 3.51. The van der Waals surface area contributed by atoms with Crippen LogP contribution in [-0.2, 0) is 0 Å². The molecular formula is C18H30N2. The van der Waals surface area contributed by atoms with Gasteiger partial charge in [0, 0.05) is 18.6 Å². The largest absolute Gasteiger partial charge is 0.312 e. The van der Waals surface area contributed by atoms with Gasteiger partial charge < -0.3 is 5.32 Å². The molecule has 1 saturated heterocycles. The van der Waals surface area contributed by atoms with E-state index in [2.05, 4.69) is 55.4 Å². The standard InChI is InChI=1S/C18H30N2/c1-4-17-8-6-5-7-13-20(17)14-18(19-3)16-11-9-15(2)10-12-16/h9-12,17-19H,4-8,13-14H2,1-3H3. The van der Waals surface area contributed by atoms with Crippen LogP contribution in [0.3, 0.4) is 0 Å². The summed E-state index contributed by atoms with van der Waals surface area (Å²) in [7, 11) is 2.09. The lowest BCUT2D eigenvalue weighted by molar-refractivity contribution is 0.176. The van der Waals surface area contributed by atoms with Gasteiger partial charge in [-0.05, 0) is 45.3 Å². The molecule has 2 rings (SSSR count). The summed E-state index contributed by atoms with van der Waals surface area (Å²) >= 11 is 0. The zero-order valence-electron chi connectivity index (χ0n) is 13.4. The molecule has 20 heavy (non-hydrogen) atoms. The van der Waals surface area contributed by atoms with Crippen molar-refractivity contribution in [2.24, 2.45) is 0 Å². The number of nitrogens with one attached hydrogen (secondary N) is 1. The number of aryl methyl sites for hydroxylation is 1. The Bertz CT molecular complexity index is 385. The fourth-order valence-electron chi connectivity index (χ4n) is 3.34. The van der Waals surface area contributed by atoms with E-state index in [1.165, 1.54) is 49.8 Å². The minimum Gasteiger partial charge on any atom is -0.312 e. The van der Waals surface area contributed by atoms with Crippen LogP contribution in [0.2, 0.25) is 0 Å². The SMILES string of the molecule is CCC1CCCCCN1CC(NC)c1ccc(C)cc1. The van der Waals surface area contributed by atoms with Gasteiger partial charge in [0.1, 0.15) is 0 Å². The van der Waals surface area contributed by atoms with Gasteiger partial charge in [-0.25, -0.2) is 0 Å². The molecule has 0 radical (unpaired) electrons. The highest BCUT2D eigenvalue weighted by Gasteiger charge is 2.22. The Morgan fingerprint density at radius 2 is 1.95 bits per heavy atom. The normalized spacial score (nSPS) is 22.4. The van der Waals surface area contributed by atoms with E-state index in [4.69, 9.17) is 0 Å². The summed E-state index contributed by atoms with van der Waals surface area (Å²) in [6.07, 6.45) is 6.83. The first kappa shape index (κ1) is 15.5. The van der Waals surface area contributed by atoms with Gasteiger partial charge in [0.05, 0.1) is 0 Å². The minimum atomic E-state index is 0.447. The Morgan fingerprint density at radius 3 is 2.60 bits per heavy atom. The third-order valence-electron chi connectivity index (χ3n) is 4.72. The molecular weight excluding hydrogens is 244 g/mol. The van der Waals surface area contributed by atoms with E-state index < -0.39 is 0 Å². The highest BCUT2D eigenvalue weighted by Crippen LogP contribution is 2.23. The molecule has 1 heterocycles. The van der Waals surface area contributed by atoms with Crippen LogP contribution in [0.15, 0.2) is 24.3 Å². The first-order chi connectivity index (χ1) is 9.74. The van der Waals surface area contributed by atoms with Gasteiger partial charge >= 0.3 is 0 Å². The number of rotatable bonds is 5. The summed E-state index contributed by atoms with van der Waals surface area (Å²) in [4.78, 5) is 2.72. The van der Waals surface area contributed by atoms with Gasteiger partial charge in [0.25, 0.3) is 0 Å². The Morgan fingerprint density at radius 1 is 1.20 bits per heavy atom. The Hall–Kier alpha value is -0.860. The molecule has 2 heteroatoms. The van der Waals surface area contributed by atoms with Gasteiger partial charge in [0.2, 0.25) is 0 Å². The summed E-state index contributed by atoms with van der Waals surface area (Å²) in [5.74, 6) is 0. The maximum atomic E-state index is 3.51. The fraction of sp³-hybridized carbons (Fsp3) is 0.667. The van der Waals surface area contributed by atoms with E-state index in [1.807, 2.05) is 0 Å². The monoisotopic (exact) mass is 274 g/mol. The Balaban J connectivity index is 2.05. The van der Waals surface area contributed by atoms with E-state index in [0.717, 1.165) is 12.6 Å². The third-order valence-corrected chi connectivity index (χ3v) is 4.72. The van der Waals surface area contributed by atoms with Crippen LogP contribution in [0.1, 0.15) is 56.2 Å². The lowest BCUT2D eigenvalue weighted by Gasteiger charge is -2.32. The van der Waals surface area contributed by atoms with Crippen molar-refractivity contribution in [2.45, 2.75) is 58.0 Å². The molecule has 0 saturated carbocycles. The van der Waals surface area contributed by atoms with Crippen LogP contribution in [0.25, 0.3) is 0 Å². The summed E-state index contributed by atoms with van der Waals surface area (Å²) in [6.45, 7) is 6.89. The lowest BCUT2D eigenvalue weighted by atomic mass is 10.0. The molecule has 2 unspecified atom stereocenters. The fourth-order valence-corrected chi connectivity index (χ4v) is 3.34. The summed E-state index contributed by atoms with van der Waals surface area (Å²) in [6, 6.07) is 10.2. The van der Waals surface area contributed by atoms with Crippen molar-refractivity contribution in [1.29, 1.82) is 0 Å². The average Bonchev–Trinajstić information content (AvgIpc) is 2.70. The second-order valence-corrected chi connectivity index (χ2v) is 6.16. The van der Waals surface area contributed by atoms with Crippen LogP contribution in [-0.4, -0.2) is 31.1 Å². The van der Waals surface area contributed by atoms with Crippen molar-refractivity contribution >= 4 is 0 Å². The molecule has 0 amide bonds. The zero-order valence-corrected chi connectivity index (χ0v) is 13.4. The number of hydrogen-bond acceptors (Lipinski definition) is 2. The molecule has 2 nitrogen and oxygen atoms in total. The molecule has 1 N–H and O–H groups in total. The molecule has 0 aromatic heterocycles. The van der Waals surface area contributed by atoms with Crippen LogP contribution in [0.5, 0.6) is 0 Å². The van der Waals surface area contributed by atoms with Crippen LogP contribution >= 0.6 is 0 Å². The van der Waals surface area contributed by atoms with Crippen molar-refractivity contribution in [3.05, 3.63) is 35.4 Å². The smallest absolute Gasteiger partial charge is 0.0446 e. The zero-order chi connectivity index (χ0) is 14.4. The van der Waals surface area contributed by atoms with E-state index in [1.54, 1.807) is 0 Å². The van der Waals surface area contributed by atoms with E-state index in [-0.39, 0.29) is 0 Å². The highest BCUT2D eigenvalue weighted by molar-refractivity contribution is 5.24. The van der Waals surface area contributed by atoms with Crippen molar-refractivity contribution in [1.82, 2.24) is 10.2 Å². The molecule has 2 atom stereocenters. The highest BCUT2D eigenvalue weighted by atomic mass is 15.2. The van der Waals surface area contributed by atoms with Crippen LogP contribution < -0.4 is 5.32 Å². The van der Waals surface area contributed by atoms with Crippen molar-refractivity contribution in [3.8, 4) is 0 Å². The van der Waals surface area contributed by atoms with E-state index >= 15 is 0 Å². The Kier molecular flexibility index (Phi) is 6.06. The van der Waals surface area contributed by atoms with Gasteiger partial charge in [-0.1, -0.05) is 49.6 Å². The number of hydrogen-bond donors (Lipinski definition) is 1. The molecule has 1 aliphatic heterocycles. The van der Waals surface area contributed by atoms with Crippen LogP contribution in [0, 0.1) is 6.92 Å².